The predicted molar refractivity (Wildman–Crippen MR) is 57.4 cm³/mol. The molecule has 1 aliphatic carbocycles. The van der Waals surface area contributed by atoms with E-state index in [1.54, 1.807) is 0 Å². The van der Waals surface area contributed by atoms with Crippen molar-refractivity contribution in [3.63, 3.8) is 0 Å². The van der Waals surface area contributed by atoms with Gasteiger partial charge in [-0.25, -0.2) is 4.79 Å². The van der Waals surface area contributed by atoms with Crippen LogP contribution >= 0.6 is 0 Å². The SMILES string of the molecule is O=C(O)c1cc(C2CCCC2)cnc1C(F)(F)F. The van der Waals surface area contributed by atoms with Crippen molar-refractivity contribution >= 4 is 5.97 Å². The lowest BCUT2D eigenvalue weighted by molar-refractivity contribution is -0.141. The molecule has 0 aromatic carbocycles. The van der Waals surface area contributed by atoms with Crippen LogP contribution in [0.5, 0.6) is 0 Å². The summed E-state index contributed by atoms with van der Waals surface area (Å²) in [5, 5.41) is 8.86. The molecule has 1 fully saturated rings. The number of nitrogens with zero attached hydrogens (tertiary/aromatic N) is 1. The third-order valence-corrected chi connectivity index (χ3v) is 3.23. The molecule has 1 N–H and O–H groups in total. The van der Waals surface area contributed by atoms with Gasteiger partial charge in [-0.15, -0.1) is 0 Å². The van der Waals surface area contributed by atoms with Gasteiger partial charge in [0.1, 0.15) is 0 Å². The summed E-state index contributed by atoms with van der Waals surface area (Å²) in [4.78, 5) is 14.2. The van der Waals surface area contributed by atoms with Crippen molar-refractivity contribution in [3.8, 4) is 0 Å². The molecule has 0 atom stereocenters. The maximum absolute atomic E-state index is 12.6. The van der Waals surface area contributed by atoms with Crippen molar-refractivity contribution in [2.45, 2.75) is 37.8 Å². The smallest absolute Gasteiger partial charge is 0.434 e. The molecule has 1 heterocycles. The third kappa shape index (κ3) is 2.47. The third-order valence-electron chi connectivity index (χ3n) is 3.23. The summed E-state index contributed by atoms with van der Waals surface area (Å²) in [6, 6.07) is 1.12. The Kier molecular flexibility index (Phi) is 3.28. The normalized spacial score (nSPS) is 17.1. The number of alkyl halides is 3. The van der Waals surface area contributed by atoms with Crippen molar-refractivity contribution in [1.29, 1.82) is 0 Å². The number of carboxylic acid groups (broad SMARTS) is 1. The molecule has 18 heavy (non-hydrogen) atoms. The molecule has 1 aliphatic rings. The van der Waals surface area contributed by atoms with Crippen LogP contribution in [0.15, 0.2) is 12.3 Å². The van der Waals surface area contributed by atoms with Gasteiger partial charge in [0.15, 0.2) is 5.69 Å². The Balaban J connectivity index is 2.43. The molecular formula is C12H12F3NO2. The Morgan fingerprint density at radius 1 is 1.33 bits per heavy atom. The Hall–Kier alpha value is -1.59. The van der Waals surface area contributed by atoms with Crippen LogP contribution in [0.2, 0.25) is 0 Å². The van der Waals surface area contributed by atoms with E-state index in [4.69, 9.17) is 5.11 Å². The largest absolute Gasteiger partial charge is 0.478 e. The summed E-state index contributed by atoms with van der Waals surface area (Å²) >= 11 is 0. The number of aromatic nitrogens is 1. The van der Waals surface area contributed by atoms with Crippen LogP contribution in [0.4, 0.5) is 13.2 Å². The number of aromatic carboxylic acids is 1. The van der Waals surface area contributed by atoms with Crippen molar-refractivity contribution in [1.82, 2.24) is 4.98 Å². The van der Waals surface area contributed by atoms with Crippen LogP contribution in [-0.4, -0.2) is 16.1 Å². The first-order valence-corrected chi connectivity index (χ1v) is 5.70. The van der Waals surface area contributed by atoms with Gasteiger partial charge < -0.3 is 5.11 Å². The molecule has 0 amide bonds. The Morgan fingerprint density at radius 2 is 1.94 bits per heavy atom. The van der Waals surface area contributed by atoms with Gasteiger partial charge in [0, 0.05) is 6.20 Å². The van der Waals surface area contributed by atoms with E-state index in [1.807, 2.05) is 0 Å². The van der Waals surface area contributed by atoms with Crippen molar-refractivity contribution < 1.29 is 23.1 Å². The highest BCUT2D eigenvalue weighted by molar-refractivity contribution is 5.89. The Labute approximate surface area is 102 Å². The Bertz CT molecular complexity index is 465. The highest BCUT2D eigenvalue weighted by Gasteiger charge is 2.37. The van der Waals surface area contributed by atoms with E-state index < -0.39 is 23.4 Å². The summed E-state index contributed by atoms with van der Waals surface area (Å²) < 4.78 is 37.8. The molecule has 2 rings (SSSR count). The van der Waals surface area contributed by atoms with E-state index >= 15 is 0 Å². The fourth-order valence-electron chi connectivity index (χ4n) is 2.35. The van der Waals surface area contributed by atoms with E-state index in [-0.39, 0.29) is 5.92 Å². The molecule has 0 aliphatic heterocycles. The van der Waals surface area contributed by atoms with Crippen LogP contribution in [0.1, 0.15) is 53.2 Å². The van der Waals surface area contributed by atoms with Gasteiger partial charge in [-0.05, 0) is 30.4 Å². The first kappa shape index (κ1) is 12.9. The molecule has 0 unspecified atom stereocenters. The molecule has 0 saturated heterocycles. The van der Waals surface area contributed by atoms with Crippen LogP contribution < -0.4 is 0 Å². The number of rotatable bonds is 2. The van der Waals surface area contributed by atoms with E-state index in [0.29, 0.717) is 5.56 Å². The fraction of sp³-hybridized carbons (Fsp3) is 0.500. The van der Waals surface area contributed by atoms with Crippen molar-refractivity contribution in [3.05, 3.63) is 29.1 Å². The van der Waals surface area contributed by atoms with Gasteiger partial charge >= 0.3 is 12.1 Å². The molecule has 3 nitrogen and oxygen atoms in total. The van der Waals surface area contributed by atoms with Crippen LogP contribution in [0.25, 0.3) is 0 Å². The zero-order valence-corrected chi connectivity index (χ0v) is 9.50. The first-order chi connectivity index (χ1) is 8.39. The summed E-state index contributed by atoms with van der Waals surface area (Å²) in [7, 11) is 0. The molecule has 0 bridgehead atoms. The second kappa shape index (κ2) is 4.59. The second-order valence-corrected chi connectivity index (χ2v) is 4.45. The van der Waals surface area contributed by atoms with Crippen LogP contribution in [0.3, 0.4) is 0 Å². The van der Waals surface area contributed by atoms with Gasteiger partial charge in [-0.1, -0.05) is 12.8 Å². The summed E-state index contributed by atoms with van der Waals surface area (Å²) in [5.74, 6) is -1.45. The van der Waals surface area contributed by atoms with Gasteiger partial charge in [0.2, 0.25) is 0 Å². The molecule has 1 aromatic rings. The minimum atomic E-state index is -4.73. The predicted octanol–water partition coefficient (Wildman–Crippen LogP) is 3.46. The number of hydrogen-bond acceptors (Lipinski definition) is 2. The molecule has 1 saturated carbocycles. The van der Waals surface area contributed by atoms with E-state index in [0.717, 1.165) is 37.9 Å². The number of hydrogen-bond donors (Lipinski definition) is 1. The average Bonchev–Trinajstić information content (AvgIpc) is 2.80. The number of halogens is 3. The number of carbonyl (C=O) groups is 1. The lowest BCUT2D eigenvalue weighted by Gasteiger charge is -2.13. The van der Waals surface area contributed by atoms with Crippen molar-refractivity contribution in [2.75, 3.05) is 0 Å². The van der Waals surface area contributed by atoms with Crippen LogP contribution in [-0.2, 0) is 6.18 Å². The average molecular weight is 259 g/mol. The standard InChI is InChI=1S/C12H12F3NO2/c13-12(14,15)10-9(11(17)18)5-8(6-16-10)7-3-1-2-4-7/h5-7H,1-4H2,(H,17,18). The molecular weight excluding hydrogens is 247 g/mol. The van der Waals surface area contributed by atoms with Crippen molar-refractivity contribution in [2.24, 2.45) is 0 Å². The topological polar surface area (TPSA) is 50.2 Å². The minimum Gasteiger partial charge on any atom is -0.478 e. The molecule has 98 valence electrons. The quantitative estimate of drug-likeness (QED) is 0.884. The van der Waals surface area contributed by atoms with Crippen LogP contribution in [0, 0.1) is 0 Å². The van der Waals surface area contributed by atoms with E-state index in [1.165, 1.54) is 0 Å². The monoisotopic (exact) mass is 259 g/mol. The second-order valence-electron chi connectivity index (χ2n) is 4.45. The minimum absolute atomic E-state index is 0.137. The van der Waals surface area contributed by atoms with E-state index in [2.05, 4.69) is 4.98 Å². The molecule has 0 spiro atoms. The maximum Gasteiger partial charge on any atom is 0.434 e. The highest BCUT2D eigenvalue weighted by Crippen LogP contribution is 2.36. The van der Waals surface area contributed by atoms with Gasteiger partial charge in [-0.3, -0.25) is 4.98 Å². The lowest BCUT2D eigenvalue weighted by Crippen LogP contribution is -2.16. The van der Waals surface area contributed by atoms with E-state index in [9.17, 15) is 18.0 Å². The first-order valence-electron chi connectivity index (χ1n) is 5.70. The summed E-state index contributed by atoms with van der Waals surface area (Å²) in [5.41, 5.74) is -1.48. The summed E-state index contributed by atoms with van der Waals surface area (Å²) in [6.07, 6.45) is 0.230. The zero-order chi connectivity index (χ0) is 13.3. The fourth-order valence-corrected chi connectivity index (χ4v) is 2.35. The Morgan fingerprint density at radius 3 is 2.44 bits per heavy atom. The highest BCUT2D eigenvalue weighted by atomic mass is 19.4. The van der Waals surface area contributed by atoms with Gasteiger partial charge in [-0.2, -0.15) is 13.2 Å². The molecule has 6 heteroatoms. The lowest BCUT2D eigenvalue weighted by atomic mass is 9.97. The van der Waals surface area contributed by atoms with Gasteiger partial charge in [0.25, 0.3) is 0 Å². The maximum atomic E-state index is 12.6. The number of carboxylic acids is 1. The summed E-state index contributed by atoms with van der Waals surface area (Å²) in [6.45, 7) is 0. The van der Waals surface area contributed by atoms with Gasteiger partial charge in [0.05, 0.1) is 5.56 Å². The zero-order valence-electron chi connectivity index (χ0n) is 9.50. The molecule has 0 radical (unpaired) electrons. The molecule has 1 aromatic heterocycles. The number of pyridine rings is 1.